The molecular formula is C21H32OS. The maximum Gasteiger partial charge on any atom is 0.0874 e. The SMILES string of the molecule is CCC1(CCCO/C=C(/C)c2ccccc2)CCCCCCS1. The summed E-state index contributed by atoms with van der Waals surface area (Å²) in [5.41, 5.74) is 2.45. The van der Waals surface area contributed by atoms with E-state index >= 15 is 0 Å². The van der Waals surface area contributed by atoms with E-state index in [1.54, 1.807) is 0 Å². The molecule has 128 valence electrons. The number of hydrogen-bond acceptors (Lipinski definition) is 2. The summed E-state index contributed by atoms with van der Waals surface area (Å²) in [6.07, 6.45) is 12.8. The van der Waals surface area contributed by atoms with Crippen molar-refractivity contribution < 1.29 is 4.74 Å². The molecule has 0 N–H and O–H groups in total. The molecule has 0 radical (unpaired) electrons. The van der Waals surface area contributed by atoms with Gasteiger partial charge in [0, 0.05) is 4.75 Å². The van der Waals surface area contributed by atoms with Crippen LogP contribution in [0.3, 0.4) is 0 Å². The lowest BCUT2D eigenvalue weighted by atomic mass is 9.92. The minimum Gasteiger partial charge on any atom is -0.501 e. The maximum atomic E-state index is 5.82. The fraction of sp³-hybridized carbons (Fsp3) is 0.619. The smallest absolute Gasteiger partial charge is 0.0874 e. The number of allylic oxidation sites excluding steroid dienone is 1. The second-order valence-corrected chi connectivity index (χ2v) is 8.25. The van der Waals surface area contributed by atoms with E-state index in [2.05, 4.69) is 55.9 Å². The summed E-state index contributed by atoms with van der Waals surface area (Å²) in [5, 5.41) is 0. The Balaban J connectivity index is 1.74. The molecule has 1 nitrogen and oxygen atoms in total. The van der Waals surface area contributed by atoms with Crippen molar-refractivity contribution in [1.29, 1.82) is 0 Å². The largest absolute Gasteiger partial charge is 0.501 e. The molecule has 0 amide bonds. The van der Waals surface area contributed by atoms with E-state index in [4.69, 9.17) is 4.74 Å². The van der Waals surface area contributed by atoms with Gasteiger partial charge in [0.1, 0.15) is 0 Å². The molecule has 0 spiro atoms. The summed E-state index contributed by atoms with van der Waals surface area (Å²) in [6.45, 7) is 5.33. The highest BCUT2D eigenvalue weighted by atomic mass is 32.2. The van der Waals surface area contributed by atoms with E-state index in [9.17, 15) is 0 Å². The number of rotatable bonds is 7. The van der Waals surface area contributed by atoms with Crippen LogP contribution in [0.2, 0.25) is 0 Å². The van der Waals surface area contributed by atoms with Crippen molar-refractivity contribution in [2.24, 2.45) is 0 Å². The Morgan fingerprint density at radius 2 is 1.96 bits per heavy atom. The molecule has 1 heterocycles. The molecule has 0 aromatic heterocycles. The minimum absolute atomic E-state index is 0.516. The van der Waals surface area contributed by atoms with E-state index in [-0.39, 0.29) is 0 Å². The molecule has 1 aliphatic rings. The van der Waals surface area contributed by atoms with E-state index in [0.717, 1.165) is 6.61 Å². The van der Waals surface area contributed by atoms with E-state index in [1.165, 1.54) is 68.3 Å². The van der Waals surface area contributed by atoms with Gasteiger partial charge in [0.05, 0.1) is 12.9 Å². The zero-order valence-electron chi connectivity index (χ0n) is 14.9. The van der Waals surface area contributed by atoms with Crippen molar-refractivity contribution in [2.45, 2.75) is 70.0 Å². The van der Waals surface area contributed by atoms with Crippen molar-refractivity contribution in [2.75, 3.05) is 12.4 Å². The average molecular weight is 333 g/mol. The van der Waals surface area contributed by atoms with Crippen LogP contribution in [0.25, 0.3) is 5.57 Å². The van der Waals surface area contributed by atoms with Gasteiger partial charge in [-0.15, -0.1) is 0 Å². The van der Waals surface area contributed by atoms with Crippen LogP contribution in [0.5, 0.6) is 0 Å². The first-order chi connectivity index (χ1) is 11.3. The molecule has 1 fully saturated rings. The quantitative estimate of drug-likeness (QED) is 0.406. The standard InChI is InChI=1S/C21H32OS/c1-3-21(14-9-4-5-10-17-23-21)15-11-16-22-18-19(2)20-12-7-6-8-13-20/h6-8,12-13,18H,3-5,9-11,14-17H2,1-2H3/b19-18-. The third-order valence-corrected chi connectivity index (χ3v) is 6.77. The lowest BCUT2D eigenvalue weighted by molar-refractivity contribution is 0.235. The first kappa shape index (κ1) is 18.4. The Hall–Kier alpha value is -0.890. The van der Waals surface area contributed by atoms with Crippen molar-refractivity contribution in [1.82, 2.24) is 0 Å². The third kappa shape index (κ3) is 6.25. The summed E-state index contributed by atoms with van der Waals surface area (Å²) in [6, 6.07) is 10.5. The van der Waals surface area contributed by atoms with Crippen LogP contribution in [0.15, 0.2) is 36.6 Å². The molecule has 2 heteroatoms. The van der Waals surface area contributed by atoms with Gasteiger partial charge in [-0.2, -0.15) is 11.8 Å². The van der Waals surface area contributed by atoms with Crippen molar-refractivity contribution >= 4 is 17.3 Å². The molecule has 0 aliphatic carbocycles. The van der Waals surface area contributed by atoms with Crippen LogP contribution in [0.4, 0.5) is 0 Å². The van der Waals surface area contributed by atoms with Gasteiger partial charge in [-0.25, -0.2) is 0 Å². The topological polar surface area (TPSA) is 9.23 Å². The minimum atomic E-state index is 0.516. The third-order valence-electron chi connectivity index (χ3n) is 4.96. The van der Waals surface area contributed by atoms with Crippen molar-refractivity contribution in [3.63, 3.8) is 0 Å². The van der Waals surface area contributed by atoms with Gasteiger partial charge in [-0.1, -0.05) is 56.5 Å². The molecule has 1 aliphatic heterocycles. The van der Waals surface area contributed by atoms with Gasteiger partial charge in [0.15, 0.2) is 0 Å². The Morgan fingerprint density at radius 1 is 1.17 bits per heavy atom. The first-order valence-electron chi connectivity index (χ1n) is 9.23. The Morgan fingerprint density at radius 3 is 2.74 bits per heavy atom. The lowest BCUT2D eigenvalue weighted by Gasteiger charge is -2.34. The molecule has 2 rings (SSSR count). The number of benzene rings is 1. The summed E-state index contributed by atoms with van der Waals surface area (Å²) in [7, 11) is 0. The molecule has 1 aromatic carbocycles. The summed E-state index contributed by atoms with van der Waals surface area (Å²) in [4.78, 5) is 0. The van der Waals surface area contributed by atoms with Crippen LogP contribution < -0.4 is 0 Å². The predicted molar refractivity (Wildman–Crippen MR) is 104 cm³/mol. The zero-order valence-corrected chi connectivity index (χ0v) is 15.7. The van der Waals surface area contributed by atoms with Crippen molar-refractivity contribution in [3.05, 3.63) is 42.2 Å². The number of ether oxygens (including phenoxy) is 1. The number of thioether (sulfide) groups is 1. The molecule has 1 saturated heterocycles. The monoisotopic (exact) mass is 332 g/mol. The van der Waals surface area contributed by atoms with E-state index in [1.807, 2.05) is 6.26 Å². The normalized spacial score (nSPS) is 23.1. The summed E-state index contributed by atoms with van der Waals surface area (Å²) < 4.78 is 6.33. The summed E-state index contributed by atoms with van der Waals surface area (Å²) >= 11 is 2.24. The van der Waals surface area contributed by atoms with Crippen LogP contribution in [-0.4, -0.2) is 17.1 Å². The van der Waals surface area contributed by atoms with Gasteiger partial charge in [0.25, 0.3) is 0 Å². The molecule has 1 atom stereocenters. The highest BCUT2D eigenvalue weighted by Gasteiger charge is 2.28. The van der Waals surface area contributed by atoms with Crippen molar-refractivity contribution in [3.8, 4) is 0 Å². The van der Waals surface area contributed by atoms with Gasteiger partial charge in [0.2, 0.25) is 0 Å². The fourth-order valence-electron chi connectivity index (χ4n) is 3.35. The van der Waals surface area contributed by atoms with Crippen LogP contribution >= 0.6 is 11.8 Å². The second-order valence-electron chi connectivity index (χ2n) is 6.69. The first-order valence-corrected chi connectivity index (χ1v) is 10.2. The summed E-state index contributed by atoms with van der Waals surface area (Å²) in [5.74, 6) is 1.35. The highest BCUT2D eigenvalue weighted by molar-refractivity contribution is 8.00. The average Bonchev–Trinajstić information content (AvgIpc) is 2.57. The maximum absolute atomic E-state index is 5.82. The van der Waals surface area contributed by atoms with Crippen LogP contribution in [0.1, 0.15) is 70.8 Å². The van der Waals surface area contributed by atoms with Crippen LogP contribution in [-0.2, 0) is 4.74 Å². The zero-order chi connectivity index (χ0) is 16.4. The highest BCUT2D eigenvalue weighted by Crippen LogP contribution is 2.40. The lowest BCUT2D eigenvalue weighted by Crippen LogP contribution is -2.26. The predicted octanol–water partition coefficient (Wildman–Crippen LogP) is 6.69. The molecule has 0 bridgehead atoms. The second kappa shape index (κ2) is 10.1. The Kier molecular flexibility index (Phi) is 8.08. The van der Waals surface area contributed by atoms with Crippen LogP contribution in [0, 0.1) is 0 Å². The molecule has 1 unspecified atom stereocenters. The molecule has 1 aromatic rings. The molecule has 23 heavy (non-hydrogen) atoms. The van der Waals surface area contributed by atoms with Gasteiger partial charge in [-0.3, -0.25) is 0 Å². The Bertz CT molecular complexity index is 458. The van der Waals surface area contributed by atoms with E-state index in [0.29, 0.717) is 4.75 Å². The molecular weight excluding hydrogens is 300 g/mol. The van der Waals surface area contributed by atoms with Gasteiger partial charge in [-0.05, 0) is 55.9 Å². The molecule has 0 saturated carbocycles. The fourth-order valence-corrected chi connectivity index (χ4v) is 4.91. The number of hydrogen-bond donors (Lipinski definition) is 0. The van der Waals surface area contributed by atoms with E-state index < -0.39 is 0 Å². The Labute approximate surface area is 146 Å². The van der Waals surface area contributed by atoms with Gasteiger partial charge >= 0.3 is 0 Å². The van der Waals surface area contributed by atoms with Gasteiger partial charge < -0.3 is 4.74 Å².